The van der Waals surface area contributed by atoms with E-state index in [2.05, 4.69) is 5.32 Å². The minimum atomic E-state index is -0.0379. The van der Waals surface area contributed by atoms with Crippen LogP contribution in [0.4, 0.5) is 0 Å². The average molecular weight is 403 g/mol. The Morgan fingerprint density at radius 2 is 1.48 bits per heavy atom. The second-order valence-corrected chi connectivity index (χ2v) is 6.49. The van der Waals surface area contributed by atoms with E-state index in [1.807, 2.05) is 0 Å². The van der Waals surface area contributed by atoms with Gasteiger partial charge in [0.1, 0.15) is 5.75 Å². The lowest BCUT2D eigenvalue weighted by Gasteiger charge is -2.22. The van der Waals surface area contributed by atoms with Crippen molar-refractivity contribution < 1.29 is 19.0 Å². The fourth-order valence-electron chi connectivity index (χ4n) is 2.23. The number of fused-ring (bicyclic) bond motifs is 2. The van der Waals surface area contributed by atoms with E-state index in [9.17, 15) is 4.79 Å². The molecule has 1 aliphatic rings. The number of nitrogens with one attached hydrogen (secondary N) is 1. The summed E-state index contributed by atoms with van der Waals surface area (Å²) in [6.07, 6.45) is 0.951. The van der Waals surface area contributed by atoms with Crippen molar-refractivity contribution in [2.45, 2.75) is 12.8 Å². The molecule has 2 aromatic carbocycles. The van der Waals surface area contributed by atoms with Crippen LogP contribution in [0.15, 0.2) is 24.3 Å². The van der Waals surface area contributed by atoms with Crippen molar-refractivity contribution in [3.05, 3.63) is 39.3 Å². The number of ether oxygens (including phenoxy) is 3. The van der Waals surface area contributed by atoms with Crippen LogP contribution < -0.4 is 19.5 Å². The second-order valence-electron chi connectivity index (χ2n) is 5.27. The van der Waals surface area contributed by atoms with Gasteiger partial charge in [-0.3, -0.25) is 4.79 Å². The molecule has 1 aliphatic heterocycles. The van der Waals surface area contributed by atoms with Crippen LogP contribution in [-0.2, 0) is 4.79 Å². The molecule has 8 heteroatoms. The number of rotatable bonds is 5. The van der Waals surface area contributed by atoms with Gasteiger partial charge in [-0.1, -0.05) is 34.8 Å². The smallest absolute Gasteiger partial charge is 0.219 e. The number of carbonyl (C=O) groups excluding carboxylic acids is 1. The third kappa shape index (κ3) is 4.06. The minimum absolute atomic E-state index is 0.0379. The van der Waals surface area contributed by atoms with Gasteiger partial charge in [-0.2, -0.15) is 0 Å². The average Bonchev–Trinajstić information content (AvgIpc) is 2.58. The van der Waals surface area contributed by atoms with Crippen LogP contribution in [0.1, 0.15) is 12.8 Å². The summed E-state index contributed by atoms with van der Waals surface area (Å²) in [7, 11) is 1.60. The topological polar surface area (TPSA) is 56.8 Å². The van der Waals surface area contributed by atoms with E-state index in [1.165, 1.54) is 0 Å². The molecule has 2 aromatic rings. The van der Waals surface area contributed by atoms with Crippen LogP contribution in [0.2, 0.25) is 15.1 Å². The van der Waals surface area contributed by atoms with Gasteiger partial charge in [0.25, 0.3) is 0 Å². The SMILES string of the molecule is CNC(=O)CCCOc1cc2c(cc1Cl)Oc1cc(Cl)c(Cl)cc1O2. The molecule has 0 saturated heterocycles. The molecule has 0 bridgehead atoms. The highest BCUT2D eigenvalue weighted by atomic mass is 35.5. The van der Waals surface area contributed by atoms with E-state index >= 15 is 0 Å². The number of hydrogen-bond acceptors (Lipinski definition) is 4. The van der Waals surface area contributed by atoms with E-state index < -0.39 is 0 Å². The summed E-state index contributed by atoms with van der Waals surface area (Å²) in [6, 6.07) is 6.42. The van der Waals surface area contributed by atoms with E-state index in [4.69, 9.17) is 49.0 Å². The van der Waals surface area contributed by atoms with Gasteiger partial charge in [-0.25, -0.2) is 0 Å². The van der Waals surface area contributed by atoms with Gasteiger partial charge in [0.2, 0.25) is 5.91 Å². The first-order valence-electron chi connectivity index (χ1n) is 7.49. The molecule has 1 amide bonds. The highest BCUT2D eigenvalue weighted by molar-refractivity contribution is 6.42. The molecule has 25 heavy (non-hydrogen) atoms. The van der Waals surface area contributed by atoms with Crippen molar-refractivity contribution in [3.8, 4) is 28.7 Å². The summed E-state index contributed by atoms with van der Waals surface area (Å²) in [6.45, 7) is 0.352. The number of carbonyl (C=O) groups is 1. The maximum absolute atomic E-state index is 11.2. The molecule has 1 heterocycles. The van der Waals surface area contributed by atoms with Crippen molar-refractivity contribution in [1.82, 2.24) is 5.32 Å². The highest BCUT2D eigenvalue weighted by Crippen LogP contribution is 2.50. The first-order valence-corrected chi connectivity index (χ1v) is 8.63. The third-order valence-corrected chi connectivity index (χ3v) is 4.53. The minimum Gasteiger partial charge on any atom is -0.492 e. The summed E-state index contributed by atoms with van der Waals surface area (Å²) in [5.74, 6) is 2.23. The van der Waals surface area contributed by atoms with Gasteiger partial charge in [-0.15, -0.1) is 0 Å². The number of halogens is 3. The van der Waals surface area contributed by atoms with E-state index in [0.29, 0.717) is 63.3 Å². The van der Waals surface area contributed by atoms with Crippen LogP contribution >= 0.6 is 34.8 Å². The van der Waals surface area contributed by atoms with Crippen molar-refractivity contribution >= 4 is 40.7 Å². The summed E-state index contributed by atoms with van der Waals surface area (Å²) in [4.78, 5) is 11.2. The molecular weight excluding hydrogens is 389 g/mol. The molecule has 0 radical (unpaired) electrons. The first-order chi connectivity index (χ1) is 12.0. The standard InChI is InChI=1S/C17H14Cl3NO4/c1-21-17(22)3-2-4-23-12-8-16-15(7-11(12)20)24-13-5-9(18)10(19)6-14(13)25-16/h5-8H,2-4H2,1H3,(H,21,22). The molecule has 3 rings (SSSR count). The Bertz CT molecular complexity index is 826. The lowest BCUT2D eigenvalue weighted by Crippen LogP contribution is -2.18. The Kier molecular flexibility index (Phi) is 5.47. The zero-order valence-electron chi connectivity index (χ0n) is 13.2. The molecule has 5 nitrogen and oxygen atoms in total. The third-order valence-electron chi connectivity index (χ3n) is 3.51. The Morgan fingerprint density at radius 3 is 2.04 bits per heavy atom. The van der Waals surface area contributed by atoms with Crippen LogP contribution in [0.5, 0.6) is 28.7 Å². The normalized spacial score (nSPS) is 11.7. The fourth-order valence-corrected chi connectivity index (χ4v) is 2.75. The molecule has 132 valence electrons. The molecule has 0 aliphatic carbocycles. The lowest BCUT2D eigenvalue weighted by molar-refractivity contribution is -0.120. The quantitative estimate of drug-likeness (QED) is 0.577. The summed E-state index contributed by atoms with van der Waals surface area (Å²) >= 11 is 18.2. The maximum atomic E-state index is 11.2. The van der Waals surface area contributed by atoms with Gasteiger partial charge < -0.3 is 19.5 Å². The first kappa shape index (κ1) is 18.0. The van der Waals surface area contributed by atoms with Gasteiger partial charge in [0.05, 0.1) is 21.7 Å². The van der Waals surface area contributed by atoms with Crippen molar-refractivity contribution in [2.75, 3.05) is 13.7 Å². The zero-order chi connectivity index (χ0) is 18.0. The summed E-state index contributed by atoms with van der Waals surface area (Å²) < 4.78 is 17.2. The molecule has 0 saturated carbocycles. The predicted octanol–water partition coefficient (Wildman–Crippen LogP) is 5.45. The van der Waals surface area contributed by atoms with Crippen LogP contribution in [0.3, 0.4) is 0 Å². The van der Waals surface area contributed by atoms with E-state index in [0.717, 1.165) is 0 Å². The maximum Gasteiger partial charge on any atom is 0.219 e. The Labute approximate surface area is 159 Å². The molecule has 0 atom stereocenters. The Hall–Kier alpha value is -1.82. The fraction of sp³-hybridized carbons (Fsp3) is 0.235. The Balaban J connectivity index is 1.74. The van der Waals surface area contributed by atoms with Crippen LogP contribution in [-0.4, -0.2) is 19.6 Å². The molecule has 1 N–H and O–H groups in total. The molecule has 0 fully saturated rings. The Morgan fingerprint density at radius 1 is 0.960 bits per heavy atom. The number of benzene rings is 2. The van der Waals surface area contributed by atoms with E-state index in [-0.39, 0.29) is 5.91 Å². The molecular formula is C17H14Cl3NO4. The van der Waals surface area contributed by atoms with Gasteiger partial charge in [-0.05, 0) is 6.42 Å². The van der Waals surface area contributed by atoms with Gasteiger partial charge in [0, 0.05) is 37.7 Å². The van der Waals surface area contributed by atoms with Gasteiger partial charge >= 0.3 is 0 Å². The molecule has 0 spiro atoms. The number of amides is 1. The highest BCUT2D eigenvalue weighted by Gasteiger charge is 2.22. The van der Waals surface area contributed by atoms with Crippen molar-refractivity contribution in [2.24, 2.45) is 0 Å². The largest absolute Gasteiger partial charge is 0.492 e. The second kappa shape index (κ2) is 7.60. The predicted molar refractivity (Wildman–Crippen MR) is 96.9 cm³/mol. The van der Waals surface area contributed by atoms with Crippen LogP contribution in [0, 0.1) is 0 Å². The lowest BCUT2D eigenvalue weighted by atomic mass is 10.2. The van der Waals surface area contributed by atoms with Crippen molar-refractivity contribution in [3.63, 3.8) is 0 Å². The number of hydrogen-bond donors (Lipinski definition) is 1. The monoisotopic (exact) mass is 401 g/mol. The van der Waals surface area contributed by atoms with Gasteiger partial charge in [0.15, 0.2) is 23.0 Å². The summed E-state index contributed by atoms with van der Waals surface area (Å²) in [5.41, 5.74) is 0. The van der Waals surface area contributed by atoms with E-state index in [1.54, 1.807) is 31.3 Å². The molecule has 0 aromatic heterocycles. The van der Waals surface area contributed by atoms with Crippen LogP contribution in [0.25, 0.3) is 0 Å². The zero-order valence-corrected chi connectivity index (χ0v) is 15.5. The van der Waals surface area contributed by atoms with Crippen molar-refractivity contribution in [1.29, 1.82) is 0 Å². The molecule has 0 unspecified atom stereocenters. The summed E-state index contributed by atoms with van der Waals surface area (Å²) in [5, 5.41) is 3.67.